The number of aliphatic hydroxyl groups is 1. The van der Waals surface area contributed by atoms with Crippen molar-refractivity contribution in [1.82, 2.24) is 9.55 Å². The molecule has 2 fully saturated rings. The second-order valence-corrected chi connectivity index (χ2v) is 6.03. The Hall–Kier alpha value is -1.22. The van der Waals surface area contributed by atoms with Gasteiger partial charge in [-0.1, -0.05) is 29.2 Å². The number of rotatable bonds is 3. The average molecular weight is 406 g/mol. The zero-order chi connectivity index (χ0) is 15.5. The van der Waals surface area contributed by atoms with E-state index in [4.69, 9.17) is 4.74 Å². The summed E-state index contributed by atoms with van der Waals surface area (Å²) in [5, 5.41) is 10.6. The summed E-state index contributed by atoms with van der Waals surface area (Å²) >= 11 is 2.00. The van der Waals surface area contributed by atoms with Gasteiger partial charge in [0.2, 0.25) is 5.67 Å². The molecular formula is C13H12FIN2O4. The summed E-state index contributed by atoms with van der Waals surface area (Å²) in [5.74, 6) is 0. The van der Waals surface area contributed by atoms with E-state index in [1.165, 1.54) is 0 Å². The first-order valence-electron chi connectivity index (χ1n) is 6.17. The number of ether oxygens (including phenoxy) is 1. The highest BCUT2D eigenvalue weighted by Crippen LogP contribution is 2.69. The van der Waals surface area contributed by atoms with Gasteiger partial charge in [-0.3, -0.25) is 14.3 Å². The minimum atomic E-state index is -2.35. The van der Waals surface area contributed by atoms with Gasteiger partial charge in [-0.05, 0) is 0 Å². The molecule has 1 aliphatic carbocycles. The van der Waals surface area contributed by atoms with Crippen LogP contribution in [0.2, 0.25) is 0 Å². The number of alkyl halides is 2. The first-order valence-corrected chi connectivity index (χ1v) is 7.70. The number of fused-ring (bicyclic) bond motifs is 1. The van der Waals surface area contributed by atoms with E-state index in [0.29, 0.717) is 4.43 Å². The van der Waals surface area contributed by atoms with Gasteiger partial charge in [0, 0.05) is 29.2 Å². The van der Waals surface area contributed by atoms with Gasteiger partial charge in [-0.25, -0.2) is 9.18 Å². The minimum absolute atomic E-state index is 0.131. The summed E-state index contributed by atoms with van der Waals surface area (Å²) in [6.07, 6.45) is 0.874. The van der Waals surface area contributed by atoms with Crippen LogP contribution in [0.5, 0.6) is 0 Å². The third kappa shape index (κ3) is 1.70. The SMILES string of the molecule is C=C=C[C@]1(F)[C@H](n2ccc(=O)[nH]c2=O)O[C@@]2(CI)C[C@@]21O. The summed E-state index contributed by atoms with van der Waals surface area (Å²) in [6.45, 7) is 3.33. The highest BCUT2D eigenvalue weighted by Gasteiger charge is 2.86. The van der Waals surface area contributed by atoms with E-state index < -0.39 is 34.3 Å². The fraction of sp³-hybridized carbons (Fsp3) is 0.462. The van der Waals surface area contributed by atoms with Crippen molar-refractivity contribution in [2.75, 3.05) is 4.43 Å². The van der Waals surface area contributed by atoms with E-state index in [0.717, 1.165) is 22.9 Å². The van der Waals surface area contributed by atoms with Crippen molar-refractivity contribution < 1.29 is 14.2 Å². The molecule has 1 aromatic rings. The van der Waals surface area contributed by atoms with Gasteiger partial charge in [-0.15, -0.1) is 5.73 Å². The smallest absolute Gasteiger partial charge is 0.330 e. The fourth-order valence-electron chi connectivity index (χ4n) is 2.90. The quantitative estimate of drug-likeness (QED) is 0.433. The molecule has 0 amide bonds. The number of aromatic amines is 1. The Morgan fingerprint density at radius 1 is 1.71 bits per heavy atom. The Morgan fingerprint density at radius 2 is 2.43 bits per heavy atom. The standard InChI is InChI=1S/C13H12FIN2O4/c1-2-4-12(14)9(17-5-3-8(18)16-10(17)19)21-11(7-15)6-13(11,12)20/h3-5,9,20H,1,6-7H2,(H,16,18,19)/t9-,11-,12+,13-/m1/s1. The molecule has 1 saturated heterocycles. The summed E-state index contributed by atoms with van der Waals surface area (Å²) < 4.78 is 22.4. The van der Waals surface area contributed by atoms with Crippen LogP contribution in [0.3, 0.4) is 0 Å². The van der Waals surface area contributed by atoms with Crippen LogP contribution in [0.25, 0.3) is 0 Å². The Labute approximate surface area is 132 Å². The topological polar surface area (TPSA) is 84.3 Å². The lowest BCUT2D eigenvalue weighted by Gasteiger charge is -2.29. The zero-order valence-electron chi connectivity index (χ0n) is 10.8. The number of H-pyrrole nitrogens is 1. The van der Waals surface area contributed by atoms with Crippen LogP contribution in [-0.4, -0.2) is 36.0 Å². The number of hydrogen-bond donors (Lipinski definition) is 2. The van der Waals surface area contributed by atoms with E-state index >= 15 is 4.39 Å². The lowest BCUT2D eigenvalue weighted by atomic mass is 9.94. The molecule has 3 rings (SSSR count). The van der Waals surface area contributed by atoms with Gasteiger partial charge in [0.25, 0.3) is 5.56 Å². The lowest BCUT2D eigenvalue weighted by molar-refractivity contribution is -0.0814. The predicted molar refractivity (Wildman–Crippen MR) is 80.2 cm³/mol. The van der Waals surface area contributed by atoms with Gasteiger partial charge in [0.1, 0.15) is 11.2 Å². The maximum absolute atomic E-state index is 15.4. The molecule has 2 aliphatic rings. The summed E-state index contributed by atoms with van der Waals surface area (Å²) in [5.41, 5.74) is -4.19. The Morgan fingerprint density at radius 3 is 3.00 bits per heavy atom. The normalized spacial score (nSPS) is 40.4. The number of nitrogens with one attached hydrogen (secondary N) is 1. The molecule has 8 heteroatoms. The van der Waals surface area contributed by atoms with Crippen LogP contribution < -0.4 is 11.2 Å². The second kappa shape index (κ2) is 4.39. The van der Waals surface area contributed by atoms with Crippen LogP contribution in [0.4, 0.5) is 4.39 Å². The summed E-state index contributed by atoms with van der Waals surface area (Å²) in [7, 11) is 0. The number of hydrogen-bond acceptors (Lipinski definition) is 4. The third-order valence-corrected chi connectivity index (χ3v) is 5.36. The molecule has 0 spiro atoms. The Balaban J connectivity index is 2.17. The summed E-state index contributed by atoms with van der Waals surface area (Å²) in [4.78, 5) is 25.0. The zero-order valence-corrected chi connectivity index (χ0v) is 13.0. The monoisotopic (exact) mass is 406 g/mol. The van der Waals surface area contributed by atoms with Crippen LogP contribution in [0, 0.1) is 0 Å². The largest absolute Gasteiger partial charge is 0.383 e. The molecule has 1 aliphatic heterocycles. The van der Waals surface area contributed by atoms with E-state index in [1.54, 1.807) is 0 Å². The van der Waals surface area contributed by atoms with Crippen LogP contribution in [-0.2, 0) is 4.74 Å². The molecule has 112 valence electrons. The van der Waals surface area contributed by atoms with Gasteiger partial charge < -0.3 is 9.84 Å². The molecule has 4 atom stereocenters. The van der Waals surface area contributed by atoms with Crippen molar-refractivity contribution in [2.24, 2.45) is 0 Å². The van der Waals surface area contributed by atoms with Crippen molar-refractivity contribution >= 4 is 22.6 Å². The second-order valence-electron chi connectivity index (χ2n) is 5.27. The third-order valence-electron chi connectivity index (χ3n) is 4.13. The van der Waals surface area contributed by atoms with Crippen molar-refractivity contribution in [2.45, 2.75) is 29.5 Å². The Bertz CT molecular complexity index is 770. The highest BCUT2D eigenvalue weighted by atomic mass is 127. The molecule has 21 heavy (non-hydrogen) atoms. The van der Waals surface area contributed by atoms with Gasteiger partial charge in [0.05, 0.1) is 0 Å². The van der Waals surface area contributed by atoms with Gasteiger partial charge in [0.15, 0.2) is 6.23 Å². The van der Waals surface area contributed by atoms with Crippen LogP contribution in [0.1, 0.15) is 12.6 Å². The van der Waals surface area contributed by atoms with Crippen molar-refractivity contribution in [3.63, 3.8) is 0 Å². The number of halogens is 2. The molecule has 0 unspecified atom stereocenters. The number of nitrogens with zero attached hydrogens (tertiary/aromatic N) is 1. The van der Waals surface area contributed by atoms with Crippen molar-refractivity contribution in [3.8, 4) is 0 Å². The molecule has 2 N–H and O–H groups in total. The highest BCUT2D eigenvalue weighted by molar-refractivity contribution is 14.1. The minimum Gasteiger partial charge on any atom is -0.383 e. The molecule has 1 saturated carbocycles. The molecule has 6 nitrogen and oxygen atoms in total. The van der Waals surface area contributed by atoms with E-state index in [1.807, 2.05) is 27.6 Å². The predicted octanol–water partition coefficient (Wildman–Crippen LogP) is 0.423. The molecular weight excluding hydrogens is 394 g/mol. The lowest BCUT2D eigenvalue weighted by Crippen LogP contribution is -2.46. The average Bonchev–Trinajstić information content (AvgIpc) is 2.99. The maximum atomic E-state index is 15.4. The van der Waals surface area contributed by atoms with E-state index in [2.05, 4.69) is 12.3 Å². The fourth-order valence-corrected chi connectivity index (χ4v) is 3.98. The molecule has 0 aromatic carbocycles. The van der Waals surface area contributed by atoms with Crippen molar-refractivity contribution in [3.05, 3.63) is 51.5 Å². The molecule has 2 heterocycles. The molecule has 1 aromatic heterocycles. The Kier molecular flexibility index (Phi) is 3.07. The summed E-state index contributed by atoms with van der Waals surface area (Å²) in [6, 6.07) is 1.09. The maximum Gasteiger partial charge on any atom is 0.330 e. The van der Waals surface area contributed by atoms with E-state index in [-0.39, 0.29) is 6.42 Å². The van der Waals surface area contributed by atoms with Gasteiger partial charge in [-0.2, -0.15) is 0 Å². The number of aromatic nitrogens is 2. The van der Waals surface area contributed by atoms with Crippen molar-refractivity contribution in [1.29, 1.82) is 0 Å². The first-order chi connectivity index (χ1) is 9.83. The van der Waals surface area contributed by atoms with E-state index in [9.17, 15) is 14.7 Å². The molecule has 0 radical (unpaired) electrons. The molecule has 0 bridgehead atoms. The van der Waals surface area contributed by atoms with Crippen LogP contribution >= 0.6 is 22.6 Å². The van der Waals surface area contributed by atoms with Crippen LogP contribution in [0.15, 0.2) is 40.2 Å². The first kappa shape index (κ1) is 14.7. The van der Waals surface area contributed by atoms with Gasteiger partial charge >= 0.3 is 5.69 Å².